The molecule has 1 N–H and O–H groups in total. The fourth-order valence-corrected chi connectivity index (χ4v) is 7.14. The van der Waals surface area contributed by atoms with Gasteiger partial charge in [0, 0.05) is 11.8 Å². The zero-order valence-electron chi connectivity index (χ0n) is 23.7. The minimum Gasteiger partial charge on any atom is -0.454 e. The molecule has 7 rings (SSSR count). The van der Waals surface area contributed by atoms with Crippen LogP contribution < -0.4 is 5.32 Å². The van der Waals surface area contributed by atoms with E-state index in [4.69, 9.17) is 16.3 Å². The Bertz CT molecular complexity index is 1570. The molecule has 3 amide bonds. The molecule has 3 aromatic carbocycles. The Kier molecular flexibility index (Phi) is 7.52. The van der Waals surface area contributed by atoms with Crippen LogP contribution in [0.25, 0.3) is 0 Å². The maximum absolute atomic E-state index is 14.1. The molecule has 1 aliphatic heterocycles. The van der Waals surface area contributed by atoms with E-state index in [1.54, 1.807) is 0 Å². The van der Waals surface area contributed by atoms with Gasteiger partial charge in [-0.25, -0.2) is 4.79 Å². The van der Waals surface area contributed by atoms with E-state index in [0.29, 0.717) is 6.07 Å². The van der Waals surface area contributed by atoms with Crippen LogP contribution in [0.2, 0.25) is 5.02 Å². The van der Waals surface area contributed by atoms with Crippen molar-refractivity contribution in [3.05, 3.63) is 99.6 Å². The Morgan fingerprint density at radius 2 is 1.39 bits per heavy atom. The Hall–Kier alpha value is -4.18. The second-order valence-electron chi connectivity index (χ2n) is 11.8. The summed E-state index contributed by atoms with van der Waals surface area (Å²) >= 11 is 5.96. The molecule has 0 saturated carbocycles. The summed E-state index contributed by atoms with van der Waals surface area (Å²) in [4.78, 5) is 55.3. The number of benzene rings is 3. The van der Waals surface area contributed by atoms with E-state index in [1.165, 1.54) is 0 Å². The van der Waals surface area contributed by atoms with E-state index >= 15 is 0 Å². The lowest BCUT2D eigenvalue weighted by atomic mass is 9.55. The van der Waals surface area contributed by atoms with Crippen LogP contribution in [0.15, 0.2) is 66.7 Å². The molecular formula is C33H28ClF3N2O5. The molecule has 0 radical (unpaired) electrons. The third-order valence-corrected chi connectivity index (χ3v) is 9.00. The molecule has 11 heteroatoms. The lowest BCUT2D eigenvalue weighted by Crippen LogP contribution is -2.47. The molecule has 228 valence electrons. The van der Waals surface area contributed by atoms with E-state index in [0.717, 1.165) is 39.3 Å². The van der Waals surface area contributed by atoms with E-state index in [2.05, 4.69) is 5.32 Å². The SMILES string of the molecule is CC(C)C[C@H](C(=O)OCC(=O)Nc1cc(C(F)(F)F)ccc1Cl)N1C(=O)[C@@H]2C3c4ccccc4C(c4ccccc43)[C@H]2C1=O. The lowest BCUT2D eigenvalue weighted by molar-refractivity contribution is -0.160. The predicted molar refractivity (Wildman–Crippen MR) is 155 cm³/mol. The van der Waals surface area contributed by atoms with Crippen molar-refractivity contribution in [3.8, 4) is 0 Å². The number of hydrogen-bond acceptors (Lipinski definition) is 5. The lowest BCUT2D eigenvalue weighted by Gasteiger charge is -2.45. The van der Waals surface area contributed by atoms with Crippen LogP contribution in [0.4, 0.5) is 18.9 Å². The average Bonchev–Trinajstić information content (AvgIpc) is 3.25. The van der Waals surface area contributed by atoms with E-state index in [1.807, 2.05) is 62.4 Å². The molecule has 0 aromatic heterocycles. The number of alkyl halides is 3. The Morgan fingerprint density at radius 1 is 0.886 bits per heavy atom. The van der Waals surface area contributed by atoms with Crippen LogP contribution in [-0.2, 0) is 30.1 Å². The van der Waals surface area contributed by atoms with Gasteiger partial charge in [0.15, 0.2) is 6.61 Å². The fraction of sp³-hybridized carbons (Fsp3) is 0.333. The van der Waals surface area contributed by atoms with E-state index < -0.39 is 59.9 Å². The van der Waals surface area contributed by atoms with Crippen molar-refractivity contribution in [2.45, 2.75) is 44.3 Å². The van der Waals surface area contributed by atoms with Crippen LogP contribution in [0.5, 0.6) is 0 Å². The number of amides is 3. The number of anilines is 1. The first-order valence-corrected chi connectivity index (χ1v) is 14.6. The van der Waals surface area contributed by atoms with Crippen molar-refractivity contribution >= 4 is 41.0 Å². The minimum atomic E-state index is -4.66. The Labute approximate surface area is 256 Å². The largest absolute Gasteiger partial charge is 0.454 e. The van der Waals surface area contributed by atoms with E-state index in [-0.39, 0.29) is 34.9 Å². The number of imide groups is 1. The first-order valence-electron chi connectivity index (χ1n) is 14.3. The number of esters is 1. The number of rotatable bonds is 7. The maximum Gasteiger partial charge on any atom is 0.416 e. The highest BCUT2D eigenvalue weighted by molar-refractivity contribution is 6.33. The second kappa shape index (κ2) is 11.1. The summed E-state index contributed by atoms with van der Waals surface area (Å²) in [7, 11) is 0. The van der Waals surface area contributed by atoms with Gasteiger partial charge in [-0.3, -0.25) is 19.3 Å². The highest BCUT2D eigenvalue weighted by Gasteiger charge is 2.63. The summed E-state index contributed by atoms with van der Waals surface area (Å²) < 4.78 is 44.7. The first kappa shape index (κ1) is 29.9. The summed E-state index contributed by atoms with van der Waals surface area (Å²) in [6.45, 7) is 2.80. The van der Waals surface area contributed by atoms with Gasteiger partial charge in [0.2, 0.25) is 11.8 Å². The molecule has 44 heavy (non-hydrogen) atoms. The normalized spacial score (nSPS) is 22.4. The molecular weight excluding hydrogens is 597 g/mol. The number of likely N-dealkylation sites (tertiary alicyclic amines) is 1. The van der Waals surface area contributed by atoms with Crippen molar-refractivity contribution in [1.29, 1.82) is 0 Å². The van der Waals surface area contributed by atoms with Crippen molar-refractivity contribution < 1.29 is 37.1 Å². The number of hydrogen-bond donors (Lipinski definition) is 1. The summed E-state index contributed by atoms with van der Waals surface area (Å²) in [5.41, 5.74) is 2.66. The molecule has 1 heterocycles. The summed E-state index contributed by atoms with van der Waals surface area (Å²) in [5.74, 6) is -5.00. The van der Waals surface area contributed by atoms with Crippen LogP contribution >= 0.6 is 11.6 Å². The third kappa shape index (κ3) is 4.95. The van der Waals surface area contributed by atoms with Gasteiger partial charge >= 0.3 is 12.1 Å². The summed E-state index contributed by atoms with van der Waals surface area (Å²) in [6, 6.07) is 16.7. The first-order chi connectivity index (χ1) is 20.9. The molecule has 7 nitrogen and oxygen atoms in total. The van der Waals surface area contributed by atoms with Gasteiger partial charge in [-0.1, -0.05) is 74.0 Å². The molecule has 2 bridgehead atoms. The fourth-order valence-electron chi connectivity index (χ4n) is 6.98. The zero-order chi connectivity index (χ0) is 31.5. The number of nitrogens with zero attached hydrogens (tertiary/aromatic N) is 1. The number of halogens is 4. The minimum absolute atomic E-state index is 0.103. The van der Waals surface area contributed by atoms with E-state index in [9.17, 15) is 32.3 Å². The molecule has 3 aromatic rings. The smallest absolute Gasteiger partial charge is 0.416 e. The number of carbonyl (C=O) groups is 4. The summed E-state index contributed by atoms with van der Waals surface area (Å²) in [5, 5.41) is 2.09. The molecule has 1 fully saturated rings. The van der Waals surface area contributed by atoms with Gasteiger partial charge in [0.1, 0.15) is 6.04 Å². The number of ether oxygens (including phenoxy) is 1. The molecule has 4 aliphatic rings. The van der Waals surface area contributed by atoms with Crippen molar-refractivity contribution in [2.24, 2.45) is 17.8 Å². The van der Waals surface area contributed by atoms with Gasteiger partial charge < -0.3 is 10.1 Å². The molecule has 0 spiro atoms. The number of carbonyl (C=O) groups excluding carboxylic acids is 4. The highest BCUT2D eigenvalue weighted by atomic mass is 35.5. The number of nitrogens with one attached hydrogen (secondary N) is 1. The Balaban J connectivity index is 1.24. The summed E-state index contributed by atoms with van der Waals surface area (Å²) in [6.07, 6.45) is -4.55. The van der Waals surface area contributed by atoms with Gasteiger partial charge in [-0.15, -0.1) is 0 Å². The van der Waals surface area contributed by atoms with Crippen LogP contribution in [0.3, 0.4) is 0 Å². The van der Waals surface area contributed by atoms with Gasteiger partial charge in [0.25, 0.3) is 5.91 Å². The zero-order valence-corrected chi connectivity index (χ0v) is 24.5. The third-order valence-electron chi connectivity index (χ3n) is 8.67. The van der Waals surface area contributed by atoms with Gasteiger partial charge in [-0.2, -0.15) is 13.2 Å². The van der Waals surface area contributed by atoms with Crippen LogP contribution in [-0.4, -0.2) is 41.2 Å². The standard InChI is InChI=1S/C33H28ClF3N2O5/c1-16(2)13-24(32(43)44-15-25(40)38-23-14-17(33(35,36)37)11-12-22(23)34)39-30(41)28-26-18-7-3-4-8-19(18)27(29(28)31(39)42)21-10-6-5-9-20(21)26/h3-12,14,16,24,26-29H,13,15H2,1-2H3,(H,38,40)/t24-,26?,27?,28-,29-/m1/s1. The topological polar surface area (TPSA) is 92.8 Å². The highest BCUT2D eigenvalue weighted by Crippen LogP contribution is 2.61. The van der Waals surface area contributed by atoms with Crippen molar-refractivity contribution in [2.75, 3.05) is 11.9 Å². The molecule has 3 aliphatic carbocycles. The van der Waals surface area contributed by atoms with Crippen molar-refractivity contribution in [1.82, 2.24) is 4.90 Å². The van der Waals surface area contributed by atoms with Crippen molar-refractivity contribution in [3.63, 3.8) is 0 Å². The van der Waals surface area contributed by atoms with Gasteiger partial charge in [-0.05, 0) is 52.8 Å². The molecule has 1 saturated heterocycles. The van der Waals surface area contributed by atoms with Crippen LogP contribution in [0, 0.1) is 17.8 Å². The monoisotopic (exact) mass is 624 g/mol. The average molecular weight is 625 g/mol. The second-order valence-corrected chi connectivity index (χ2v) is 12.2. The van der Waals surface area contributed by atoms with Gasteiger partial charge in [0.05, 0.1) is 28.1 Å². The maximum atomic E-state index is 14.1. The van der Waals surface area contributed by atoms with Crippen LogP contribution in [0.1, 0.15) is 59.9 Å². The molecule has 3 atom stereocenters. The Morgan fingerprint density at radius 3 is 1.84 bits per heavy atom. The predicted octanol–water partition coefficient (Wildman–Crippen LogP) is 6.15. The molecule has 0 unspecified atom stereocenters. The quantitative estimate of drug-likeness (QED) is 0.252.